The Balaban J connectivity index is 1.96. The monoisotopic (exact) mass is 233 g/mol. The molecule has 0 fully saturated rings. The van der Waals surface area contributed by atoms with Crippen LogP contribution in [-0.2, 0) is 11.2 Å². The van der Waals surface area contributed by atoms with Crippen LogP contribution in [0.25, 0.3) is 0 Å². The zero-order valence-electron chi connectivity index (χ0n) is 10.7. The van der Waals surface area contributed by atoms with E-state index in [2.05, 4.69) is 47.8 Å². The van der Waals surface area contributed by atoms with Crippen molar-refractivity contribution in [2.75, 3.05) is 26.8 Å². The van der Waals surface area contributed by atoms with Gasteiger partial charge in [0.2, 0.25) is 0 Å². The van der Waals surface area contributed by atoms with Crippen molar-refractivity contribution in [1.82, 2.24) is 5.32 Å². The molecule has 0 spiro atoms. The van der Waals surface area contributed by atoms with Crippen LogP contribution in [-0.4, -0.2) is 26.8 Å². The highest BCUT2D eigenvalue weighted by Crippen LogP contribution is 2.02. The van der Waals surface area contributed by atoms with E-state index in [-0.39, 0.29) is 0 Å². The minimum absolute atomic E-state index is 0.789. The fraction of sp³-hybridized carbons (Fsp3) is 0.467. The van der Waals surface area contributed by atoms with Gasteiger partial charge in [0.1, 0.15) is 0 Å². The molecule has 0 aromatic heterocycles. The van der Waals surface area contributed by atoms with Crippen molar-refractivity contribution < 1.29 is 4.74 Å². The lowest BCUT2D eigenvalue weighted by Crippen LogP contribution is -2.19. The van der Waals surface area contributed by atoms with Gasteiger partial charge in [-0.3, -0.25) is 0 Å². The van der Waals surface area contributed by atoms with Gasteiger partial charge in [-0.1, -0.05) is 42.5 Å². The molecule has 94 valence electrons. The fourth-order valence-corrected chi connectivity index (χ4v) is 1.62. The first-order valence-electron chi connectivity index (χ1n) is 6.32. The molecule has 0 aliphatic heterocycles. The van der Waals surface area contributed by atoms with Crippen molar-refractivity contribution in [3.8, 4) is 0 Å². The molecule has 0 bridgehead atoms. The molecule has 17 heavy (non-hydrogen) atoms. The maximum absolute atomic E-state index is 4.96. The number of hydrogen-bond donors (Lipinski definition) is 1. The average molecular weight is 233 g/mol. The first-order valence-corrected chi connectivity index (χ1v) is 6.32. The molecule has 0 saturated heterocycles. The SMILES string of the molecule is COCCNCCC=CCCc1ccccc1. The third-order valence-electron chi connectivity index (χ3n) is 2.58. The van der Waals surface area contributed by atoms with E-state index in [1.165, 1.54) is 5.56 Å². The number of rotatable bonds is 9. The second kappa shape index (κ2) is 10.1. The van der Waals surface area contributed by atoms with Crippen LogP contribution in [0.4, 0.5) is 0 Å². The molecule has 0 atom stereocenters. The molecule has 0 heterocycles. The van der Waals surface area contributed by atoms with E-state index in [1.807, 2.05) is 0 Å². The number of ether oxygens (including phenoxy) is 1. The predicted octanol–water partition coefficient (Wildman–Crippen LogP) is 2.80. The second-order valence-electron chi connectivity index (χ2n) is 4.03. The lowest BCUT2D eigenvalue weighted by Gasteiger charge is -2.00. The largest absolute Gasteiger partial charge is 0.383 e. The van der Waals surface area contributed by atoms with E-state index in [9.17, 15) is 0 Å². The van der Waals surface area contributed by atoms with Gasteiger partial charge in [-0.25, -0.2) is 0 Å². The lowest BCUT2D eigenvalue weighted by atomic mass is 10.1. The minimum atomic E-state index is 0.789. The Morgan fingerprint density at radius 1 is 1.06 bits per heavy atom. The Kier molecular flexibility index (Phi) is 8.25. The van der Waals surface area contributed by atoms with Gasteiger partial charge in [0.15, 0.2) is 0 Å². The van der Waals surface area contributed by atoms with Gasteiger partial charge in [0.25, 0.3) is 0 Å². The average Bonchev–Trinajstić information content (AvgIpc) is 2.38. The van der Waals surface area contributed by atoms with E-state index in [4.69, 9.17) is 4.74 Å². The Bertz CT molecular complexity index is 295. The summed E-state index contributed by atoms with van der Waals surface area (Å²) >= 11 is 0. The summed E-state index contributed by atoms with van der Waals surface area (Å²) in [7, 11) is 1.73. The highest BCUT2D eigenvalue weighted by Gasteiger charge is 1.88. The fourth-order valence-electron chi connectivity index (χ4n) is 1.62. The maximum atomic E-state index is 4.96. The number of nitrogens with one attached hydrogen (secondary N) is 1. The van der Waals surface area contributed by atoms with Crippen molar-refractivity contribution in [1.29, 1.82) is 0 Å². The molecule has 0 amide bonds. The van der Waals surface area contributed by atoms with Crippen molar-refractivity contribution in [2.45, 2.75) is 19.3 Å². The zero-order chi connectivity index (χ0) is 12.2. The van der Waals surface area contributed by atoms with E-state index in [0.717, 1.165) is 39.0 Å². The summed E-state index contributed by atoms with van der Waals surface area (Å²) in [6.07, 6.45) is 7.88. The minimum Gasteiger partial charge on any atom is -0.383 e. The zero-order valence-corrected chi connectivity index (χ0v) is 10.7. The normalized spacial score (nSPS) is 11.1. The summed E-state index contributed by atoms with van der Waals surface area (Å²) in [5, 5.41) is 3.32. The van der Waals surface area contributed by atoms with Gasteiger partial charge < -0.3 is 10.1 Å². The number of allylic oxidation sites excluding steroid dienone is 1. The van der Waals surface area contributed by atoms with Crippen LogP contribution in [0.1, 0.15) is 18.4 Å². The molecular formula is C15H23NO. The number of benzene rings is 1. The molecule has 1 aromatic rings. The summed E-state index contributed by atoms with van der Waals surface area (Å²) in [6.45, 7) is 2.76. The molecule has 2 heteroatoms. The van der Waals surface area contributed by atoms with Gasteiger partial charge in [-0.2, -0.15) is 0 Å². The van der Waals surface area contributed by atoms with E-state index >= 15 is 0 Å². The third-order valence-corrected chi connectivity index (χ3v) is 2.58. The quantitative estimate of drug-likeness (QED) is 0.523. The van der Waals surface area contributed by atoms with Crippen LogP contribution in [0.5, 0.6) is 0 Å². The van der Waals surface area contributed by atoms with Crippen molar-refractivity contribution in [3.63, 3.8) is 0 Å². The summed E-state index contributed by atoms with van der Waals surface area (Å²) < 4.78 is 4.96. The Labute approximate surface area is 105 Å². The van der Waals surface area contributed by atoms with Gasteiger partial charge >= 0.3 is 0 Å². The van der Waals surface area contributed by atoms with Crippen LogP contribution in [0.3, 0.4) is 0 Å². The molecule has 0 aliphatic carbocycles. The second-order valence-corrected chi connectivity index (χ2v) is 4.03. The number of methoxy groups -OCH3 is 1. The highest BCUT2D eigenvalue weighted by molar-refractivity contribution is 5.15. The third kappa shape index (κ3) is 7.72. The number of aryl methyl sites for hydroxylation is 1. The van der Waals surface area contributed by atoms with Crippen molar-refractivity contribution in [2.24, 2.45) is 0 Å². The summed E-state index contributed by atoms with van der Waals surface area (Å²) in [5.41, 5.74) is 1.41. The van der Waals surface area contributed by atoms with Crippen LogP contribution < -0.4 is 5.32 Å². The first-order chi connectivity index (χ1) is 8.43. The molecular weight excluding hydrogens is 210 g/mol. The van der Waals surface area contributed by atoms with Gasteiger partial charge in [0, 0.05) is 13.7 Å². The summed E-state index contributed by atoms with van der Waals surface area (Å²) in [6, 6.07) is 10.6. The van der Waals surface area contributed by atoms with E-state index < -0.39 is 0 Å². The Morgan fingerprint density at radius 3 is 2.59 bits per heavy atom. The molecule has 0 saturated carbocycles. The van der Waals surface area contributed by atoms with Gasteiger partial charge in [-0.15, -0.1) is 0 Å². The summed E-state index contributed by atoms with van der Waals surface area (Å²) in [4.78, 5) is 0. The highest BCUT2D eigenvalue weighted by atomic mass is 16.5. The van der Waals surface area contributed by atoms with Crippen LogP contribution in [0.15, 0.2) is 42.5 Å². The molecule has 2 nitrogen and oxygen atoms in total. The number of hydrogen-bond acceptors (Lipinski definition) is 2. The standard InChI is InChI=1S/C15H23NO/c1-17-14-13-16-12-8-3-2-5-9-15-10-6-4-7-11-15/h2-4,6-7,10-11,16H,5,8-9,12-14H2,1H3. The summed E-state index contributed by atoms with van der Waals surface area (Å²) in [5.74, 6) is 0. The van der Waals surface area contributed by atoms with Crippen LogP contribution in [0, 0.1) is 0 Å². The van der Waals surface area contributed by atoms with E-state index in [0.29, 0.717) is 0 Å². The first kappa shape index (κ1) is 13.9. The lowest BCUT2D eigenvalue weighted by molar-refractivity contribution is 0.199. The maximum Gasteiger partial charge on any atom is 0.0587 e. The van der Waals surface area contributed by atoms with Crippen molar-refractivity contribution in [3.05, 3.63) is 48.0 Å². The van der Waals surface area contributed by atoms with Crippen molar-refractivity contribution >= 4 is 0 Å². The smallest absolute Gasteiger partial charge is 0.0587 e. The molecule has 0 unspecified atom stereocenters. The molecule has 0 radical (unpaired) electrons. The molecule has 1 N–H and O–H groups in total. The Hall–Kier alpha value is -1.12. The predicted molar refractivity (Wildman–Crippen MR) is 73.3 cm³/mol. The van der Waals surface area contributed by atoms with Crippen LogP contribution >= 0.6 is 0 Å². The van der Waals surface area contributed by atoms with Gasteiger partial charge in [0.05, 0.1) is 6.61 Å². The van der Waals surface area contributed by atoms with Crippen LogP contribution in [0.2, 0.25) is 0 Å². The van der Waals surface area contributed by atoms with Gasteiger partial charge in [-0.05, 0) is 31.4 Å². The Morgan fingerprint density at radius 2 is 1.82 bits per heavy atom. The molecule has 1 aromatic carbocycles. The van der Waals surface area contributed by atoms with E-state index in [1.54, 1.807) is 7.11 Å². The molecule has 1 rings (SSSR count). The molecule has 0 aliphatic rings. The topological polar surface area (TPSA) is 21.3 Å².